The van der Waals surface area contributed by atoms with Gasteiger partial charge in [0, 0.05) is 42.7 Å². The lowest BCUT2D eigenvalue weighted by Gasteiger charge is -2.21. The predicted octanol–water partition coefficient (Wildman–Crippen LogP) is 3.85. The number of pyridine rings is 1. The Balaban J connectivity index is 1.32. The highest BCUT2D eigenvalue weighted by Crippen LogP contribution is 2.28. The number of carbonyl (C=O) groups excluding carboxylic acids is 1. The number of H-pyrrole nitrogens is 1. The second kappa shape index (κ2) is 7.73. The van der Waals surface area contributed by atoms with Crippen LogP contribution in [0.4, 0.5) is 0 Å². The lowest BCUT2D eigenvalue weighted by atomic mass is 10.1. The summed E-state index contributed by atoms with van der Waals surface area (Å²) in [5, 5.41) is 15.9. The Kier molecular flexibility index (Phi) is 4.75. The number of benzene rings is 1. The smallest absolute Gasteiger partial charge is 0.254 e. The quantitative estimate of drug-likeness (QED) is 0.553. The van der Waals surface area contributed by atoms with Crippen LogP contribution in [0.25, 0.3) is 22.3 Å². The van der Waals surface area contributed by atoms with Crippen molar-refractivity contribution in [3.63, 3.8) is 0 Å². The van der Waals surface area contributed by atoms with E-state index in [0.717, 1.165) is 35.3 Å². The molecule has 0 aliphatic carbocycles. The Hall–Kier alpha value is -3.92. The van der Waals surface area contributed by atoms with Crippen LogP contribution >= 0.6 is 0 Å². The molecule has 31 heavy (non-hydrogen) atoms. The van der Waals surface area contributed by atoms with Crippen LogP contribution in [-0.4, -0.2) is 43.1 Å². The molecule has 4 heterocycles. The number of hydrogen-bond donors (Lipinski definition) is 1. The topological polar surface area (TPSA) is 90.6 Å². The Morgan fingerprint density at radius 1 is 1.29 bits per heavy atom. The summed E-state index contributed by atoms with van der Waals surface area (Å²) in [6.45, 7) is 3.64. The Morgan fingerprint density at radius 2 is 2.19 bits per heavy atom. The molecule has 5 rings (SSSR count). The summed E-state index contributed by atoms with van der Waals surface area (Å²) >= 11 is 0. The number of aromatic nitrogens is 4. The normalized spacial score (nSPS) is 18.4. The number of hydrogen-bond acceptors (Lipinski definition) is 4. The van der Waals surface area contributed by atoms with Gasteiger partial charge in [-0.3, -0.25) is 9.89 Å². The molecule has 0 saturated carbocycles. The van der Waals surface area contributed by atoms with E-state index < -0.39 is 0 Å². The number of carbonyl (C=O) groups is 1. The van der Waals surface area contributed by atoms with Crippen molar-refractivity contribution in [1.29, 1.82) is 5.26 Å². The van der Waals surface area contributed by atoms with E-state index in [9.17, 15) is 4.79 Å². The maximum absolute atomic E-state index is 13.0. The van der Waals surface area contributed by atoms with E-state index in [4.69, 9.17) is 10.2 Å². The minimum atomic E-state index is -0.00381. The molecular weight excluding hydrogens is 388 g/mol. The second-order valence-corrected chi connectivity index (χ2v) is 8.16. The number of nitrogens with zero attached hydrogens (tertiary/aromatic N) is 5. The molecule has 0 bridgehead atoms. The Bertz CT molecular complexity index is 1280. The molecule has 1 aliphatic rings. The summed E-state index contributed by atoms with van der Waals surface area (Å²) in [5.41, 5.74) is 4.99. The van der Waals surface area contributed by atoms with Crippen LogP contribution in [0.1, 0.15) is 29.3 Å². The molecule has 1 amide bonds. The average molecular weight is 410 g/mol. The number of likely N-dealkylation sites (tertiary alicyclic amines) is 1. The van der Waals surface area contributed by atoms with E-state index in [-0.39, 0.29) is 11.9 Å². The van der Waals surface area contributed by atoms with Crippen molar-refractivity contribution in [2.45, 2.75) is 25.9 Å². The van der Waals surface area contributed by atoms with Gasteiger partial charge in [-0.1, -0.05) is 6.07 Å². The van der Waals surface area contributed by atoms with Crippen LogP contribution in [0.15, 0.2) is 61.1 Å². The molecule has 0 radical (unpaired) electrons. The molecule has 1 N–H and O–H groups in total. The van der Waals surface area contributed by atoms with Gasteiger partial charge in [-0.15, -0.1) is 0 Å². The first-order valence-corrected chi connectivity index (χ1v) is 10.4. The highest BCUT2D eigenvalue weighted by atomic mass is 16.2. The minimum Gasteiger partial charge on any atom is -0.346 e. The van der Waals surface area contributed by atoms with Crippen molar-refractivity contribution in [1.82, 2.24) is 24.6 Å². The zero-order chi connectivity index (χ0) is 21.4. The van der Waals surface area contributed by atoms with Gasteiger partial charge in [0.1, 0.15) is 0 Å². The molecule has 1 saturated heterocycles. The van der Waals surface area contributed by atoms with Gasteiger partial charge in [0.15, 0.2) is 0 Å². The van der Waals surface area contributed by atoms with E-state index in [0.29, 0.717) is 23.6 Å². The highest BCUT2D eigenvalue weighted by molar-refractivity contribution is 5.95. The van der Waals surface area contributed by atoms with Crippen molar-refractivity contribution >= 4 is 16.9 Å². The molecule has 7 nitrogen and oxygen atoms in total. The number of aromatic amines is 1. The molecule has 2 atom stereocenters. The summed E-state index contributed by atoms with van der Waals surface area (Å²) in [6.07, 6.45) is 6.62. The molecule has 1 fully saturated rings. The first kappa shape index (κ1) is 19.1. The average Bonchev–Trinajstić information content (AvgIpc) is 3.54. The first-order chi connectivity index (χ1) is 15.1. The van der Waals surface area contributed by atoms with Gasteiger partial charge < -0.3 is 9.47 Å². The molecular formula is C24H22N6O. The van der Waals surface area contributed by atoms with Gasteiger partial charge in [0.05, 0.1) is 34.6 Å². The van der Waals surface area contributed by atoms with Crippen LogP contribution in [0, 0.1) is 17.2 Å². The van der Waals surface area contributed by atoms with Crippen LogP contribution in [0.5, 0.6) is 0 Å². The fourth-order valence-corrected chi connectivity index (χ4v) is 4.51. The van der Waals surface area contributed by atoms with Crippen molar-refractivity contribution in [2.24, 2.45) is 5.92 Å². The maximum Gasteiger partial charge on any atom is 0.254 e. The van der Waals surface area contributed by atoms with Crippen LogP contribution < -0.4 is 0 Å². The van der Waals surface area contributed by atoms with Gasteiger partial charge in [-0.25, -0.2) is 4.98 Å². The fraction of sp³-hybridized carbons (Fsp3) is 0.250. The van der Waals surface area contributed by atoms with Crippen LogP contribution in [0.2, 0.25) is 0 Å². The van der Waals surface area contributed by atoms with Crippen molar-refractivity contribution in [3.05, 3.63) is 72.2 Å². The van der Waals surface area contributed by atoms with Gasteiger partial charge in [-0.2, -0.15) is 10.4 Å². The molecule has 4 aromatic rings. The summed E-state index contributed by atoms with van der Waals surface area (Å²) in [4.78, 5) is 19.7. The number of rotatable bonds is 4. The minimum absolute atomic E-state index is 0.00381. The summed E-state index contributed by atoms with van der Waals surface area (Å²) < 4.78 is 2.23. The number of fused-ring (bicyclic) bond motifs is 1. The first-order valence-electron chi connectivity index (χ1n) is 10.4. The lowest BCUT2D eigenvalue weighted by molar-refractivity contribution is 0.0742. The third-order valence-electron chi connectivity index (χ3n) is 6.03. The SMILES string of the molecule is C[C@@H]1C[C@@H](Cn2ccc3nc(-c4cn[nH]c4)ccc32)CN1C(=O)c1cccc(C#N)c1. The summed E-state index contributed by atoms with van der Waals surface area (Å²) in [5.74, 6) is 0.359. The van der Waals surface area contributed by atoms with Gasteiger partial charge in [0.2, 0.25) is 0 Å². The van der Waals surface area contributed by atoms with Crippen molar-refractivity contribution in [2.75, 3.05) is 6.54 Å². The van der Waals surface area contributed by atoms with E-state index in [1.54, 1.807) is 30.5 Å². The summed E-state index contributed by atoms with van der Waals surface area (Å²) in [7, 11) is 0. The van der Waals surface area contributed by atoms with E-state index >= 15 is 0 Å². The molecule has 1 aliphatic heterocycles. The lowest BCUT2D eigenvalue weighted by Crippen LogP contribution is -2.34. The maximum atomic E-state index is 13.0. The Morgan fingerprint density at radius 3 is 3.00 bits per heavy atom. The molecule has 0 unspecified atom stereocenters. The van der Waals surface area contributed by atoms with E-state index in [1.807, 2.05) is 23.2 Å². The van der Waals surface area contributed by atoms with E-state index in [2.05, 4.69) is 40.0 Å². The summed E-state index contributed by atoms with van der Waals surface area (Å²) in [6, 6.07) is 15.4. The monoisotopic (exact) mass is 410 g/mol. The molecule has 0 spiro atoms. The fourth-order valence-electron chi connectivity index (χ4n) is 4.51. The van der Waals surface area contributed by atoms with Crippen molar-refractivity contribution in [3.8, 4) is 17.3 Å². The number of amides is 1. The zero-order valence-electron chi connectivity index (χ0n) is 17.2. The van der Waals surface area contributed by atoms with E-state index in [1.165, 1.54) is 0 Å². The second-order valence-electron chi connectivity index (χ2n) is 8.16. The van der Waals surface area contributed by atoms with Crippen LogP contribution in [0.3, 0.4) is 0 Å². The molecule has 154 valence electrons. The third-order valence-corrected chi connectivity index (χ3v) is 6.03. The highest BCUT2D eigenvalue weighted by Gasteiger charge is 2.33. The molecule has 7 heteroatoms. The Labute approximate surface area is 179 Å². The van der Waals surface area contributed by atoms with Crippen molar-refractivity contribution < 1.29 is 4.79 Å². The van der Waals surface area contributed by atoms with Gasteiger partial charge in [-0.05, 0) is 55.7 Å². The van der Waals surface area contributed by atoms with Gasteiger partial charge in [0.25, 0.3) is 5.91 Å². The molecule has 1 aromatic carbocycles. The third kappa shape index (κ3) is 3.57. The van der Waals surface area contributed by atoms with Crippen LogP contribution in [-0.2, 0) is 6.54 Å². The number of nitriles is 1. The number of nitrogens with one attached hydrogen (secondary N) is 1. The standard InChI is InChI=1S/C24H22N6O/c1-16-9-18(15-30(16)24(31)19-4-2-3-17(10-19)11-25)14-29-8-7-22-23(29)6-5-21(28-22)20-12-26-27-13-20/h2-8,10,12-13,16,18H,9,14-15H2,1H3,(H,26,27)/t16-,18+/m1/s1. The largest absolute Gasteiger partial charge is 0.346 e. The zero-order valence-corrected chi connectivity index (χ0v) is 17.2. The molecule has 3 aromatic heterocycles. The van der Waals surface area contributed by atoms with Gasteiger partial charge >= 0.3 is 0 Å². The predicted molar refractivity (Wildman–Crippen MR) is 117 cm³/mol.